The number of rotatable bonds is 6. The zero-order chi connectivity index (χ0) is 38.7. The number of para-hydroxylation sites is 3. The summed E-state index contributed by atoms with van der Waals surface area (Å²) in [6, 6.07) is 69.0. The molecular weight excluding hydrogens is 701 g/mol. The van der Waals surface area contributed by atoms with Crippen molar-refractivity contribution in [3.63, 3.8) is 0 Å². The number of allylic oxidation sites excluding steroid dienone is 2. The van der Waals surface area contributed by atoms with E-state index in [-0.39, 0.29) is 12.0 Å². The van der Waals surface area contributed by atoms with Crippen LogP contribution < -0.4 is 4.90 Å². The fourth-order valence-corrected chi connectivity index (χ4v) is 9.65. The van der Waals surface area contributed by atoms with Crippen molar-refractivity contribution in [2.45, 2.75) is 25.8 Å². The zero-order valence-corrected chi connectivity index (χ0v) is 32.7. The number of anilines is 2. The van der Waals surface area contributed by atoms with Crippen molar-refractivity contribution in [2.24, 2.45) is 0 Å². The Hall–Kier alpha value is -7.16. The van der Waals surface area contributed by atoms with Crippen LogP contribution in [0.15, 0.2) is 206 Å². The maximum Gasteiger partial charge on any atom is 0.0635 e. The molecule has 2 aliphatic rings. The quantitative estimate of drug-likeness (QED) is 0.165. The van der Waals surface area contributed by atoms with Crippen LogP contribution in [0.1, 0.15) is 28.2 Å². The van der Waals surface area contributed by atoms with Crippen molar-refractivity contribution >= 4 is 38.8 Å². The first-order valence-electron chi connectivity index (χ1n) is 20.3. The highest BCUT2D eigenvalue weighted by molar-refractivity contribution is 6.10. The predicted octanol–water partition coefficient (Wildman–Crippen LogP) is 14.7. The summed E-state index contributed by atoms with van der Waals surface area (Å²) in [5.41, 5.74) is 20.1. The molecule has 2 unspecified atom stereocenters. The van der Waals surface area contributed by atoms with Gasteiger partial charge >= 0.3 is 0 Å². The van der Waals surface area contributed by atoms with Crippen LogP contribution >= 0.6 is 0 Å². The molecule has 2 atom stereocenters. The first-order chi connectivity index (χ1) is 28.6. The fourth-order valence-electron chi connectivity index (χ4n) is 9.65. The third kappa shape index (κ3) is 5.56. The van der Waals surface area contributed by atoms with Gasteiger partial charge < -0.3 is 9.47 Å². The lowest BCUT2D eigenvalue weighted by Crippen LogP contribution is -2.29. The van der Waals surface area contributed by atoms with E-state index in [1.807, 2.05) is 0 Å². The molecule has 1 aromatic heterocycles. The van der Waals surface area contributed by atoms with Crippen LogP contribution in [0.2, 0.25) is 0 Å². The smallest absolute Gasteiger partial charge is 0.0635 e. The highest BCUT2D eigenvalue weighted by Gasteiger charge is 2.38. The molecule has 58 heavy (non-hydrogen) atoms. The van der Waals surface area contributed by atoms with E-state index in [0.717, 1.165) is 0 Å². The molecule has 8 aromatic carbocycles. The van der Waals surface area contributed by atoms with E-state index in [2.05, 4.69) is 230 Å². The summed E-state index contributed by atoms with van der Waals surface area (Å²) in [5.74, 6) is 0.228. The number of nitrogens with zero attached hydrogens (tertiary/aromatic N) is 2. The van der Waals surface area contributed by atoms with Crippen LogP contribution in [0.5, 0.6) is 0 Å². The van der Waals surface area contributed by atoms with Gasteiger partial charge in [-0.3, -0.25) is 0 Å². The Morgan fingerprint density at radius 3 is 1.88 bits per heavy atom. The second-order valence-corrected chi connectivity index (χ2v) is 15.8. The van der Waals surface area contributed by atoms with Gasteiger partial charge in [-0.1, -0.05) is 146 Å². The van der Waals surface area contributed by atoms with E-state index in [1.165, 1.54) is 100 Å². The van der Waals surface area contributed by atoms with E-state index >= 15 is 0 Å². The number of benzene rings is 8. The number of hydrogen-bond acceptors (Lipinski definition) is 1. The van der Waals surface area contributed by atoms with Crippen molar-refractivity contribution in [1.29, 1.82) is 0 Å². The standard InChI is InChI=1S/C56H42N2/c1-37-15-9-10-22-46(37)48-25-14-24-47(38(48)2)43-27-30-50-52-35-42(29-32-55(52)58(56(50)36-43)45-20-7-4-8-21-45)40-17-13-16-39(33-40)41-28-31-54-51(34-41)49-23-11-12-26-53(49)57(54)44-18-5-3-6-19-44/h3-36,50,56H,1-2H3. The lowest BCUT2D eigenvalue weighted by atomic mass is 9.83. The van der Waals surface area contributed by atoms with Crippen LogP contribution in [0.3, 0.4) is 0 Å². The van der Waals surface area contributed by atoms with Gasteiger partial charge in [0.05, 0.1) is 17.1 Å². The molecule has 276 valence electrons. The highest BCUT2D eigenvalue weighted by atomic mass is 15.2. The average Bonchev–Trinajstić information content (AvgIpc) is 3.79. The molecule has 0 N–H and O–H groups in total. The molecule has 2 heterocycles. The van der Waals surface area contributed by atoms with Gasteiger partial charge in [-0.05, 0) is 136 Å². The molecule has 0 amide bonds. The predicted molar refractivity (Wildman–Crippen MR) is 245 cm³/mol. The molecule has 2 heteroatoms. The van der Waals surface area contributed by atoms with Crippen molar-refractivity contribution in [1.82, 2.24) is 4.57 Å². The summed E-state index contributed by atoms with van der Waals surface area (Å²) in [7, 11) is 0. The van der Waals surface area contributed by atoms with Gasteiger partial charge in [-0.2, -0.15) is 0 Å². The Morgan fingerprint density at radius 1 is 0.448 bits per heavy atom. The molecule has 1 aliphatic heterocycles. The number of aromatic nitrogens is 1. The molecule has 1 aliphatic carbocycles. The maximum atomic E-state index is 2.55. The number of hydrogen-bond donors (Lipinski definition) is 0. The largest absolute Gasteiger partial charge is 0.333 e. The molecule has 0 saturated heterocycles. The Morgan fingerprint density at radius 2 is 1.07 bits per heavy atom. The molecule has 0 spiro atoms. The highest BCUT2D eigenvalue weighted by Crippen LogP contribution is 2.50. The minimum absolute atomic E-state index is 0.158. The van der Waals surface area contributed by atoms with Gasteiger partial charge in [-0.25, -0.2) is 0 Å². The third-order valence-corrected chi connectivity index (χ3v) is 12.5. The number of fused-ring (bicyclic) bond motifs is 6. The first-order valence-corrected chi connectivity index (χ1v) is 20.3. The van der Waals surface area contributed by atoms with Crippen LogP contribution in [0.4, 0.5) is 11.4 Å². The molecule has 0 radical (unpaired) electrons. The summed E-state index contributed by atoms with van der Waals surface area (Å²) in [5, 5.41) is 2.53. The van der Waals surface area contributed by atoms with Crippen molar-refractivity contribution in [2.75, 3.05) is 4.90 Å². The second kappa shape index (κ2) is 13.8. The average molecular weight is 743 g/mol. The maximum absolute atomic E-state index is 2.55. The second-order valence-electron chi connectivity index (χ2n) is 15.8. The fraction of sp³-hybridized carbons (Fsp3) is 0.0714. The van der Waals surface area contributed by atoms with Crippen molar-refractivity contribution in [3.8, 4) is 39.1 Å². The minimum Gasteiger partial charge on any atom is -0.333 e. The SMILES string of the molecule is Cc1ccccc1-c1cccc(C2=CC3C(C=C2)c2cc(-c4cccc(-c5ccc6c(c5)c5ccccc5n6-c5ccccc5)c4)ccc2N3c2ccccc2)c1C. The third-order valence-electron chi connectivity index (χ3n) is 12.5. The van der Waals surface area contributed by atoms with Gasteiger partial charge in [0.15, 0.2) is 0 Å². The molecule has 0 bridgehead atoms. The van der Waals surface area contributed by atoms with Crippen LogP contribution in [-0.2, 0) is 0 Å². The molecule has 2 nitrogen and oxygen atoms in total. The first kappa shape index (κ1) is 34.1. The Kier molecular flexibility index (Phi) is 8.11. The van der Waals surface area contributed by atoms with Crippen molar-refractivity contribution in [3.05, 3.63) is 229 Å². The van der Waals surface area contributed by atoms with Gasteiger partial charge in [-0.15, -0.1) is 0 Å². The van der Waals surface area contributed by atoms with Crippen LogP contribution in [0, 0.1) is 13.8 Å². The van der Waals surface area contributed by atoms with E-state index in [4.69, 9.17) is 0 Å². The van der Waals surface area contributed by atoms with E-state index in [9.17, 15) is 0 Å². The van der Waals surface area contributed by atoms with Crippen molar-refractivity contribution < 1.29 is 0 Å². The number of aryl methyl sites for hydroxylation is 1. The lowest BCUT2D eigenvalue weighted by Gasteiger charge is -2.30. The molecular formula is C56H42N2. The van der Waals surface area contributed by atoms with Gasteiger partial charge in [0.2, 0.25) is 0 Å². The van der Waals surface area contributed by atoms with Gasteiger partial charge in [0.25, 0.3) is 0 Å². The van der Waals surface area contributed by atoms with E-state index < -0.39 is 0 Å². The Labute approximate surface area is 340 Å². The summed E-state index contributed by atoms with van der Waals surface area (Å²) in [4.78, 5) is 2.55. The topological polar surface area (TPSA) is 8.17 Å². The summed E-state index contributed by atoms with van der Waals surface area (Å²) < 4.78 is 2.38. The van der Waals surface area contributed by atoms with E-state index in [0.29, 0.717) is 0 Å². The van der Waals surface area contributed by atoms with Crippen LogP contribution in [0.25, 0.3) is 66.4 Å². The van der Waals surface area contributed by atoms with Gasteiger partial charge in [0.1, 0.15) is 0 Å². The Bertz CT molecular complexity index is 3090. The van der Waals surface area contributed by atoms with E-state index in [1.54, 1.807) is 0 Å². The normalized spacial score (nSPS) is 15.8. The summed E-state index contributed by atoms with van der Waals surface area (Å²) in [6.07, 6.45) is 7.32. The Balaban J connectivity index is 0.973. The molecule has 0 saturated carbocycles. The van der Waals surface area contributed by atoms with Crippen LogP contribution in [-0.4, -0.2) is 10.6 Å². The van der Waals surface area contributed by atoms with Gasteiger partial charge in [0, 0.05) is 33.8 Å². The lowest BCUT2D eigenvalue weighted by molar-refractivity contribution is 0.747. The minimum atomic E-state index is 0.158. The molecule has 9 aromatic rings. The molecule has 0 fully saturated rings. The summed E-state index contributed by atoms with van der Waals surface area (Å²) in [6.45, 7) is 4.48. The molecule has 11 rings (SSSR count). The monoisotopic (exact) mass is 742 g/mol. The summed E-state index contributed by atoms with van der Waals surface area (Å²) >= 11 is 0. The zero-order valence-electron chi connectivity index (χ0n) is 32.7.